The SMILES string of the molecule is c1ccc(-c2cc3c(NCCNc4cccc5ccccc45)ncnc3s2)cc1. The van der Waals surface area contributed by atoms with Crippen molar-refractivity contribution in [2.75, 3.05) is 23.7 Å². The molecule has 0 bridgehead atoms. The Bertz CT molecular complexity index is 1260. The fourth-order valence-electron chi connectivity index (χ4n) is 3.50. The Morgan fingerprint density at radius 3 is 2.45 bits per heavy atom. The maximum atomic E-state index is 4.47. The summed E-state index contributed by atoms with van der Waals surface area (Å²) in [6.45, 7) is 1.57. The number of thiophene rings is 1. The summed E-state index contributed by atoms with van der Waals surface area (Å²) in [6, 6.07) is 27.3. The van der Waals surface area contributed by atoms with Crippen molar-refractivity contribution in [2.24, 2.45) is 0 Å². The number of hydrogen-bond donors (Lipinski definition) is 2. The van der Waals surface area contributed by atoms with Crippen molar-refractivity contribution in [3.63, 3.8) is 0 Å². The molecule has 0 unspecified atom stereocenters. The number of aromatic nitrogens is 2. The van der Waals surface area contributed by atoms with Gasteiger partial charge in [-0.15, -0.1) is 11.3 Å². The van der Waals surface area contributed by atoms with E-state index in [1.54, 1.807) is 17.7 Å². The van der Waals surface area contributed by atoms with E-state index in [4.69, 9.17) is 0 Å². The van der Waals surface area contributed by atoms with E-state index in [9.17, 15) is 0 Å². The number of hydrogen-bond acceptors (Lipinski definition) is 5. The fourth-order valence-corrected chi connectivity index (χ4v) is 4.50. The Kier molecular flexibility index (Phi) is 4.80. The molecule has 0 fully saturated rings. The van der Waals surface area contributed by atoms with Crippen molar-refractivity contribution in [3.05, 3.63) is 85.2 Å². The molecule has 2 aromatic heterocycles. The zero-order chi connectivity index (χ0) is 19.5. The molecule has 5 aromatic rings. The molecule has 0 amide bonds. The Hall–Kier alpha value is -3.44. The van der Waals surface area contributed by atoms with Gasteiger partial charge in [-0.2, -0.15) is 0 Å². The third kappa shape index (κ3) is 3.65. The quantitative estimate of drug-likeness (QED) is 0.344. The summed E-state index contributed by atoms with van der Waals surface area (Å²) in [6.07, 6.45) is 1.63. The fraction of sp³-hybridized carbons (Fsp3) is 0.0833. The maximum absolute atomic E-state index is 4.47. The minimum absolute atomic E-state index is 0.770. The highest BCUT2D eigenvalue weighted by atomic mass is 32.1. The molecule has 0 spiro atoms. The van der Waals surface area contributed by atoms with Gasteiger partial charge in [-0.3, -0.25) is 0 Å². The van der Waals surface area contributed by atoms with E-state index in [1.165, 1.54) is 21.2 Å². The molecule has 0 aliphatic carbocycles. The van der Waals surface area contributed by atoms with Crippen molar-refractivity contribution in [3.8, 4) is 10.4 Å². The normalized spacial score (nSPS) is 11.0. The molecule has 0 radical (unpaired) electrons. The molecule has 0 saturated carbocycles. The Morgan fingerprint density at radius 1 is 0.724 bits per heavy atom. The van der Waals surface area contributed by atoms with Crippen LogP contribution in [0.3, 0.4) is 0 Å². The van der Waals surface area contributed by atoms with Crippen LogP contribution in [0.15, 0.2) is 85.2 Å². The average Bonchev–Trinajstić information content (AvgIpc) is 3.23. The van der Waals surface area contributed by atoms with Crippen LogP contribution >= 0.6 is 11.3 Å². The third-order valence-electron chi connectivity index (χ3n) is 4.91. The van der Waals surface area contributed by atoms with E-state index in [2.05, 4.69) is 93.4 Å². The summed E-state index contributed by atoms with van der Waals surface area (Å²) in [5.41, 5.74) is 2.36. The van der Waals surface area contributed by atoms with Crippen molar-refractivity contribution in [1.29, 1.82) is 0 Å². The molecule has 5 heteroatoms. The second kappa shape index (κ2) is 7.89. The highest BCUT2D eigenvalue weighted by Crippen LogP contribution is 2.34. The molecule has 4 nitrogen and oxygen atoms in total. The van der Waals surface area contributed by atoms with Gasteiger partial charge in [-0.1, -0.05) is 66.7 Å². The molecular formula is C24H20N4S. The van der Waals surface area contributed by atoms with Crippen LogP contribution in [0, 0.1) is 0 Å². The summed E-state index contributed by atoms with van der Waals surface area (Å²) < 4.78 is 0. The lowest BCUT2D eigenvalue weighted by molar-refractivity contribution is 1.06. The van der Waals surface area contributed by atoms with Gasteiger partial charge >= 0.3 is 0 Å². The van der Waals surface area contributed by atoms with Gasteiger partial charge in [0, 0.05) is 29.0 Å². The van der Waals surface area contributed by atoms with Gasteiger partial charge in [-0.05, 0) is 23.1 Å². The summed E-state index contributed by atoms with van der Waals surface area (Å²) in [5.74, 6) is 0.883. The maximum Gasteiger partial charge on any atom is 0.138 e. The van der Waals surface area contributed by atoms with Crippen molar-refractivity contribution in [1.82, 2.24) is 9.97 Å². The van der Waals surface area contributed by atoms with Crippen molar-refractivity contribution in [2.45, 2.75) is 0 Å². The van der Waals surface area contributed by atoms with Crippen LogP contribution in [0.25, 0.3) is 31.4 Å². The van der Waals surface area contributed by atoms with Gasteiger partial charge in [0.1, 0.15) is 17.0 Å². The minimum Gasteiger partial charge on any atom is -0.383 e. The first-order valence-electron chi connectivity index (χ1n) is 9.64. The monoisotopic (exact) mass is 396 g/mol. The van der Waals surface area contributed by atoms with E-state index in [1.807, 2.05) is 6.07 Å². The van der Waals surface area contributed by atoms with Crippen LogP contribution in [0.5, 0.6) is 0 Å². The topological polar surface area (TPSA) is 49.8 Å². The van der Waals surface area contributed by atoms with Gasteiger partial charge in [0.25, 0.3) is 0 Å². The van der Waals surface area contributed by atoms with Crippen LogP contribution < -0.4 is 10.6 Å². The molecule has 2 N–H and O–H groups in total. The Balaban J connectivity index is 1.30. The van der Waals surface area contributed by atoms with Crippen LogP contribution in [0.1, 0.15) is 0 Å². The molecule has 0 aliphatic heterocycles. The van der Waals surface area contributed by atoms with E-state index in [0.29, 0.717) is 0 Å². The highest BCUT2D eigenvalue weighted by Gasteiger charge is 2.09. The second-order valence-corrected chi connectivity index (χ2v) is 7.83. The zero-order valence-corrected chi connectivity index (χ0v) is 16.6. The lowest BCUT2D eigenvalue weighted by Gasteiger charge is -2.11. The molecule has 2 heterocycles. The van der Waals surface area contributed by atoms with Crippen LogP contribution in [0.2, 0.25) is 0 Å². The van der Waals surface area contributed by atoms with Crippen molar-refractivity contribution < 1.29 is 0 Å². The smallest absolute Gasteiger partial charge is 0.138 e. The molecule has 29 heavy (non-hydrogen) atoms. The summed E-state index contributed by atoms with van der Waals surface area (Å²) >= 11 is 1.70. The van der Waals surface area contributed by atoms with E-state index in [-0.39, 0.29) is 0 Å². The largest absolute Gasteiger partial charge is 0.383 e. The third-order valence-corrected chi connectivity index (χ3v) is 6.00. The number of rotatable bonds is 6. The predicted octanol–water partition coefficient (Wildman–Crippen LogP) is 6.04. The Morgan fingerprint density at radius 2 is 1.52 bits per heavy atom. The zero-order valence-electron chi connectivity index (χ0n) is 15.8. The first-order valence-corrected chi connectivity index (χ1v) is 10.5. The molecule has 5 rings (SSSR count). The number of anilines is 2. The second-order valence-electron chi connectivity index (χ2n) is 6.80. The van der Waals surface area contributed by atoms with Gasteiger partial charge in [0.2, 0.25) is 0 Å². The van der Waals surface area contributed by atoms with Crippen LogP contribution in [0.4, 0.5) is 11.5 Å². The predicted molar refractivity (Wildman–Crippen MR) is 124 cm³/mol. The molecule has 3 aromatic carbocycles. The van der Waals surface area contributed by atoms with Crippen LogP contribution in [-0.2, 0) is 0 Å². The standard InChI is InChI=1S/C24H20N4S/c1-2-8-18(9-3-1)22-15-20-23(27-16-28-24(20)29-22)26-14-13-25-21-12-6-10-17-7-4-5-11-19(17)21/h1-12,15-16,25H,13-14H2,(H,26,27,28). The molecular weight excluding hydrogens is 376 g/mol. The van der Waals surface area contributed by atoms with Crippen molar-refractivity contribution >= 4 is 43.8 Å². The van der Waals surface area contributed by atoms with Gasteiger partial charge in [-0.25, -0.2) is 9.97 Å². The summed E-state index contributed by atoms with van der Waals surface area (Å²) in [4.78, 5) is 11.1. The van der Waals surface area contributed by atoms with Gasteiger partial charge < -0.3 is 10.6 Å². The lowest BCUT2D eigenvalue weighted by Crippen LogP contribution is -2.14. The molecule has 0 aliphatic rings. The molecule has 0 saturated heterocycles. The summed E-state index contributed by atoms with van der Waals surface area (Å²) in [5, 5.41) is 10.6. The highest BCUT2D eigenvalue weighted by molar-refractivity contribution is 7.21. The molecule has 0 atom stereocenters. The van der Waals surface area contributed by atoms with E-state index in [0.717, 1.165) is 34.8 Å². The summed E-state index contributed by atoms with van der Waals surface area (Å²) in [7, 11) is 0. The van der Waals surface area contributed by atoms with E-state index < -0.39 is 0 Å². The number of benzene rings is 3. The van der Waals surface area contributed by atoms with E-state index >= 15 is 0 Å². The number of fused-ring (bicyclic) bond motifs is 2. The lowest BCUT2D eigenvalue weighted by atomic mass is 10.1. The number of nitrogens with one attached hydrogen (secondary N) is 2. The average molecular weight is 397 g/mol. The molecule has 142 valence electrons. The van der Waals surface area contributed by atoms with Gasteiger partial charge in [0.05, 0.1) is 5.39 Å². The van der Waals surface area contributed by atoms with Gasteiger partial charge in [0.15, 0.2) is 0 Å². The first kappa shape index (κ1) is 17.6. The van der Waals surface area contributed by atoms with Crippen LogP contribution in [-0.4, -0.2) is 23.1 Å². The number of nitrogens with zero attached hydrogens (tertiary/aromatic N) is 2. The minimum atomic E-state index is 0.770. The Labute approximate surface area is 173 Å². The first-order chi connectivity index (χ1) is 14.4.